The standard InChI is InChI=1S/C24H32N2O5.2C2H6/c1-24(2,3)31-23(28)25-13-14-26(19-7-9-21(27)10-8-19)20(15-25)17-30-16-18-5-11-22(29-4)12-6-18;2*1-2/h5-12,20,27H,13-17H2,1-4H3;2*1-2H3/t20-;;/m1../s1. The molecule has 1 aliphatic heterocycles. The van der Waals surface area contributed by atoms with Crippen LogP contribution in [0.3, 0.4) is 0 Å². The van der Waals surface area contributed by atoms with E-state index in [9.17, 15) is 9.90 Å². The van der Waals surface area contributed by atoms with Gasteiger partial charge in [-0.05, 0) is 62.7 Å². The zero-order chi connectivity index (χ0) is 26.4. The molecule has 1 N–H and O–H groups in total. The molecule has 1 fully saturated rings. The van der Waals surface area contributed by atoms with Gasteiger partial charge < -0.3 is 29.1 Å². The van der Waals surface area contributed by atoms with Gasteiger partial charge >= 0.3 is 6.09 Å². The van der Waals surface area contributed by atoms with Gasteiger partial charge in [0.25, 0.3) is 0 Å². The fourth-order valence-corrected chi connectivity index (χ4v) is 3.51. The number of phenols is 1. The molecule has 0 unspecified atom stereocenters. The molecule has 1 aliphatic rings. The molecular weight excluding hydrogens is 444 g/mol. The first-order chi connectivity index (χ1) is 16.7. The molecule has 2 aromatic carbocycles. The van der Waals surface area contributed by atoms with Gasteiger partial charge in [-0.2, -0.15) is 0 Å². The number of hydrogen-bond donors (Lipinski definition) is 1. The number of carbonyl (C=O) groups is 1. The number of rotatable bonds is 6. The van der Waals surface area contributed by atoms with Crippen molar-refractivity contribution >= 4 is 11.8 Å². The molecule has 7 nitrogen and oxygen atoms in total. The first-order valence-corrected chi connectivity index (χ1v) is 12.5. The summed E-state index contributed by atoms with van der Waals surface area (Å²) in [5, 5.41) is 9.63. The molecule has 3 rings (SSSR count). The van der Waals surface area contributed by atoms with Gasteiger partial charge in [-0.1, -0.05) is 39.8 Å². The highest BCUT2D eigenvalue weighted by molar-refractivity contribution is 5.69. The Hall–Kier alpha value is -2.93. The molecule has 0 saturated carbocycles. The third kappa shape index (κ3) is 10.1. The van der Waals surface area contributed by atoms with E-state index in [-0.39, 0.29) is 17.9 Å². The molecule has 2 aromatic rings. The first-order valence-electron chi connectivity index (χ1n) is 12.5. The molecule has 1 saturated heterocycles. The van der Waals surface area contributed by atoms with Gasteiger partial charge in [0.2, 0.25) is 0 Å². The third-order valence-corrected chi connectivity index (χ3v) is 5.05. The minimum absolute atomic E-state index is 0.0379. The third-order valence-electron chi connectivity index (χ3n) is 5.05. The largest absolute Gasteiger partial charge is 0.508 e. The van der Waals surface area contributed by atoms with Crippen LogP contribution in [0.4, 0.5) is 10.5 Å². The average Bonchev–Trinajstić information content (AvgIpc) is 2.86. The second-order valence-corrected chi connectivity index (χ2v) is 8.65. The monoisotopic (exact) mass is 488 g/mol. The van der Waals surface area contributed by atoms with Crippen molar-refractivity contribution < 1.29 is 24.1 Å². The van der Waals surface area contributed by atoms with Crippen LogP contribution >= 0.6 is 0 Å². The van der Waals surface area contributed by atoms with Gasteiger partial charge in [0.15, 0.2) is 0 Å². The number of amides is 1. The van der Waals surface area contributed by atoms with Crippen LogP contribution in [0, 0.1) is 0 Å². The Morgan fingerprint density at radius 3 is 2.11 bits per heavy atom. The van der Waals surface area contributed by atoms with E-state index in [0.717, 1.165) is 17.0 Å². The maximum atomic E-state index is 12.6. The van der Waals surface area contributed by atoms with Crippen molar-refractivity contribution in [3.8, 4) is 11.5 Å². The van der Waals surface area contributed by atoms with Crippen LogP contribution in [0.2, 0.25) is 0 Å². The molecule has 1 heterocycles. The van der Waals surface area contributed by atoms with Crippen LogP contribution < -0.4 is 9.64 Å². The number of methoxy groups -OCH3 is 1. The molecule has 0 spiro atoms. The highest BCUT2D eigenvalue weighted by Gasteiger charge is 2.32. The van der Waals surface area contributed by atoms with Crippen molar-refractivity contribution in [2.24, 2.45) is 0 Å². The number of anilines is 1. The highest BCUT2D eigenvalue weighted by atomic mass is 16.6. The second kappa shape index (κ2) is 15.1. The van der Waals surface area contributed by atoms with Crippen LogP contribution in [0.15, 0.2) is 48.5 Å². The zero-order valence-electron chi connectivity index (χ0n) is 22.7. The van der Waals surface area contributed by atoms with Crippen LogP contribution in [-0.2, 0) is 16.1 Å². The Morgan fingerprint density at radius 2 is 1.57 bits per heavy atom. The summed E-state index contributed by atoms with van der Waals surface area (Å²) in [6, 6.07) is 14.8. The number of carbonyl (C=O) groups excluding carboxylic acids is 1. The number of aromatic hydroxyl groups is 1. The minimum Gasteiger partial charge on any atom is -0.508 e. The highest BCUT2D eigenvalue weighted by Crippen LogP contribution is 2.24. The van der Waals surface area contributed by atoms with Crippen molar-refractivity contribution in [3.05, 3.63) is 54.1 Å². The maximum absolute atomic E-state index is 12.6. The summed E-state index contributed by atoms with van der Waals surface area (Å²) in [4.78, 5) is 16.6. The molecule has 0 aliphatic carbocycles. The maximum Gasteiger partial charge on any atom is 0.410 e. The Bertz CT molecular complexity index is 847. The fourth-order valence-electron chi connectivity index (χ4n) is 3.51. The van der Waals surface area contributed by atoms with Gasteiger partial charge in [0, 0.05) is 25.3 Å². The molecule has 1 amide bonds. The summed E-state index contributed by atoms with van der Waals surface area (Å²) in [6.45, 7) is 16.2. The SMILES string of the molecule is CC.CC.COc1ccc(COC[C@H]2CN(C(=O)OC(C)(C)C)CCN2c2ccc(O)cc2)cc1. The lowest BCUT2D eigenvalue weighted by molar-refractivity contribution is 0.0162. The van der Waals surface area contributed by atoms with Crippen molar-refractivity contribution in [1.82, 2.24) is 4.90 Å². The quantitative estimate of drug-likeness (QED) is 0.530. The molecule has 7 heteroatoms. The Kier molecular flexibility index (Phi) is 13.0. The van der Waals surface area contributed by atoms with Crippen LogP contribution in [0.1, 0.15) is 54.0 Å². The van der Waals surface area contributed by atoms with Crippen molar-refractivity contribution in [2.45, 2.75) is 66.7 Å². The summed E-state index contributed by atoms with van der Waals surface area (Å²) >= 11 is 0. The molecule has 1 atom stereocenters. The lowest BCUT2D eigenvalue weighted by Gasteiger charge is -2.42. The summed E-state index contributed by atoms with van der Waals surface area (Å²) in [6.07, 6.45) is -0.307. The van der Waals surface area contributed by atoms with E-state index in [4.69, 9.17) is 14.2 Å². The Labute approximate surface area is 211 Å². The lowest BCUT2D eigenvalue weighted by Crippen LogP contribution is -2.57. The smallest absolute Gasteiger partial charge is 0.410 e. The van der Waals surface area contributed by atoms with Crippen LogP contribution in [0.25, 0.3) is 0 Å². The number of hydrogen-bond acceptors (Lipinski definition) is 6. The number of phenolic OH excluding ortho intramolecular Hbond substituents is 1. The molecule has 0 bridgehead atoms. The Balaban J connectivity index is 0.00000145. The summed E-state index contributed by atoms with van der Waals surface area (Å²) in [7, 11) is 1.64. The predicted molar refractivity (Wildman–Crippen MR) is 142 cm³/mol. The van der Waals surface area contributed by atoms with Gasteiger partial charge in [-0.25, -0.2) is 4.79 Å². The minimum atomic E-state index is -0.536. The van der Waals surface area contributed by atoms with E-state index in [2.05, 4.69) is 4.90 Å². The van der Waals surface area contributed by atoms with Crippen molar-refractivity contribution in [1.29, 1.82) is 0 Å². The Morgan fingerprint density at radius 1 is 0.971 bits per heavy atom. The molecule has 196 valence electrons. The van der Waals surface area contributed by atoms with Gasteiger partial charge in [-0.15, -0.1) is 0 Å². The summed E-state index contributed by atoms with van der Waals surface area (Å²) in [5.41, 5.74) is 1.50. The number of ether oxygens (including phenoxy) is 3. The predicted octanol–water partition coefficient (Wildman–Crippen LogP) is 6.10. The second-order valence-electron chi connectivity index (χ2n) is 8.65. The van der Waals surface area contributed by atoms with E-state index >= 15 is 0 Å². The van der Waals surface area contributed by atoms with Crippen molar-refractivity contribution in [2.75, 3.05) is 38.3 Å². The summed E-state index contributed by atoms with van der Waals surface area (Å²) in [5.74, 6) is 1.03. The molecule has 0 aromatic heterocycles. The fraction of sp³-hybridized carbons (Fsp3) is 0.536. The first kappa shape index (κ1) is 30.1. The molecular formula is C28H44N2O5. The van der Waals surface area contributed by atoms with E-state index in [0.29, 0.717) is 32.8 Å². The van der Waals surface area contributed by atoms with Gasteiger partial charge in [0.05, 0.1) is 26.4 Å². The van der Waals surface area contributed by atoms with Crippen LogP contribution in [0.5, 0.6) is 11.5 Å². The van der Waals surface area contributed by atoms with Crippen LogP contribution in [-0.4, -0.2) is 61.1 Å². The molecule has 35 heavy (non-hydrogen) atoms. The van der Waals surface area contributed by atoms with E-state index in [1.807, 2.05) is 84.9 Å². The number of benzene rings is 2. The van der Waals surface area contributed by atoms with Gasteiger partial charge in [0.1, 0.15) is 17.1 Å². The van der Waals surface area contributed by atoms with Gasteiger partial charge in [-0.3, -0.25) is 0 Å². The van der Waals surface area contributed by atoms with Crippen molar-refractivity contribution in [3.63, 3.8) is 0 Å². The van der Waals surface area contributed by atoms with E-state index < -0.39 is 5.60 Å². The molecule has 0 radical (unpaired) electrons. The number of piperazine rings is 1. The average molecular weight is 489 g/mol. The lowest BCUT2D eigenvalue weighted by atomic mass is 10.1. The van der Waals surface area contributed by atoms with E-state index in [1.165, 1.54) is 0 Å². The zero-order valence-corrected chi connectivity index (χ0v) is 22.7. The van der Waals surface area contributed by atoms with E-state index in [1.54, 1.807) is 24.1 Å². The topological polar surface area (TPSA) is 71.5 Å². The normalized spacial score (nSPS) is 15.3. The summed E-state index contributed by atoms with van der Waals surface area (Å²) < 4.78 is 16.8. The number of nitrogens with zero attached hydrogens (tertiary/aromatic N) is 2.